The molecule has 20 heavy (non-hydrogen) atoms. The van der Waals surface area contributed by atoms with E-state index in [0.29, 0.717) is 11.3 Å². The Hall–Kier alpha value is -0.790. The van der Waals surface area contributed by atoms with E-state index in [1.165, 1.54) is 25.7 Å². The van der Waals surface area contributed by atoms with E-state index in [0.717, 1.165) is 12.5 Å². The van der Waals surface area contributed by atoms with Crippen LogP contribution >= 0.6 is 0 Å². The average Bonchev–Trinajstić information content (AvgIpc) is 2.97. The average molecular weight is 277 g/mol. The molecule has 0 aliphatic heterocycles. The lowest BCUT2D eigenvalue weighted by atomic mass is 9.78. The third kappa shape index (κ3) is 3.10. The third-order valence-corrected chi connectivity index (χ3v) is 5.62. The van der Waals surface area contributed by atoms with Gasteiger partial charge in [0.05, 0.1) is 0 Å². The van der Waals surface area contributed by atoms with Crippen LogP contribution in [0.15, 0.2) is 11.6 Å². The maximum absolute atomic E-state index is 11.9. The summed E-state index contributed by atoms with van der Waals surface area (Å²) in [6.07, 6.45) is 7.58. The molecule has 0 heterocycles. The Morgan fingerprint density at radius 1 is 1.45 bits per heavy atom. The number of allylic oxidation sites excluding steroid dienone is 2. The van der Waals surface area contributed by atoms with Crippen molar-refractivity contribution in [3.63, 3.8) is 0 Å². The smallest absolute Gasteiger partial charge is 0.219 e. The Bertz CT molecular complexity index is 418. The molecule has 3 unspecified atom stereocenters. The topological polar surface area (TPSA) is 20.3 Å². The lowest BCUT2D eigenvalue weighted by molar-refractivity contribution is -0.134. The zero-order valence-corrected chi connectivity index (χ0v) is 14.1. The largest absolute Gasteiger partial charge is 0.338 e. The summed E-state index contributed by atoms with van der Waals surface area (Å²) >= 11 is 0. The normalized spacial score (nSPS) is 33.6. The number of hydrogen-bond donors (Lipinski definition) is 0. The monoisotopic (exact) mass is 277 g/mol. The second-order valence-electron chi connectivity index (χ2n) is 8.23. The van der Waals surface area contributed by atoms with Gasteiger partial charge in [-0.05, 0) is 70.6 Å². The fraction of sp³-hybridized carbons (Fsp3) is 0.833. The molecule has 2 heteroatoms. The highest BCUT2D eigenvalue weighted by atomic mass is 16.2. The van der Waals surface area contributed by atoms with Crippen LogP contribution in [0.25, 0.3) is 0 Å². The molecule has 2 aliphatic carbocycles. The van der Waals surface area contributed by atoms with Crippen molar-refractivity contribution in [3.05, 3.63) is 11.6 Å². The van der Waals surface area contributed by atoms with E-state index in [9.17, 15) is 4.79 Å². The predicted molar refractivity (Wildman–Crippen MR) is 84.5 cm³/mol. The summed E-state index contributed by atoms with van der Waals surface area (Å²) < 4.78 is 0. The van der Waals surface area contributed by atoms with Crippen molar-refractivity contribution in [2.75, 3.05) is 6.54 Å². The first-order chi connectivity index (χ1) is 9.14. The molecule has 2 nitrogen and oxygen atoms in total. The minimum absolute atomic E-state index is 0.0572. The van der Waals surface area contributed by atoms with Crippen molar-refractivity contribution in [1.82, 2.24) is 4.90 Å². The maximum atomic E-state index is 11.9. The standard InChI is InChI=1S/C18H31NO/c1-13-7-9-15(10-8-13)18(6)11-16(18)12-19(14(2)20)17(3,4)5/h7,15-16H,8-12H2,1-6H3. The van der Waals surface area contributed by atoms with Crippen molar-refractivity contribution < 1.29 is 4.79 Å². The maximum Gasteiger partial charge on any atom is 0.219 e. The van der Waals surface area contributed by atoms with Crippen LogP contribution in [0.5, 0.6) is 0 Å². The molecule has 0 N–H and O–H groups in total. The Morgan fingerprint density at radius 3 is 2.55 bits per heavy atom. The van der Waals surface area contributed by atoms with Gasteiger partial charge in [-0.2, -0.15) is 0 Å². The van der Waals surface area contributed by atoms with Gasteiger partial charge in [0.25, 0.3) is 0 Å². The van der Waals surface area contributed by atoms with Crippen molar-refractivity contribution in [2.24, 2.45) is 17.3 Å². The van der Waals surface area contributed by atoms with Gasteiger partial charge in [0.15, 0.2) is 0 Å². The van der Waals surface area contributed by atoms with E-state index in [1.54, 1.807) is 12.5 Å². The van der Waals surface area contributed by atoms with Gasteiger partial charge in [0.1, 0.15) is 0 Å². The Balaban J connectivity index is 1.98. The van der Waals surface area contributed by atoms with Crippen molar-refractivity contribution >= 4 is 5.91 Å². The van der Waals surface area contributed by atoms with Crippen LogP contribution in [-0.2, 0) is 4.79 Å². The minimum atomic E-state index is -0.0572. The number of hydrogen-bond acceptors (Lipinski definition) is 1. The lowest BCUT2D eigenvalue weighted by Gasteiger charge is -2.36. The molecule has 0 saturated heterocycles. The molecule has 0 bridgehead atoms. The Kier molecular flexibility index (Phi) is 4.05. The zero-order chi connectivity index (χ0) is 15.1. The van der Waals surface area contributed by atoms with Gasteiger partial charge in [-0.15, -0.1) is 0 Å². The van der Waals surface area contributed by atoms with Crippen molar-refractivity contribution in [2.45, 2.75) is 72.8 Å². The summed E-state index contributed by atoms with van der Waals surface area (Å²) in [6, 6.07) is 0. The first kappa shape index (κ1) is 15.6. The van der Waals surface area contributed by atoms with Crippen LogP contribution in [0.1, 0.15) is 67.2 Å². The molecule has 1 saturated carbocycles. The molecule has 0 aromatic heterocycles. The summed E-state index contributed by atoms with van der Waals surface area (Å²) in [5.74, 6) is 1.73. The molecule has 2 rings (SSSR count). The number of nitrogens with zero attached hydrogens (tertiary/aromatic N) is 1. The van der Waals surface area contributed by atoms with Gasteiger partial charge in [0.2, 0.25) is 5.91 Å². The van der Waals surface area contributed by atoms with E-state index in [4.69, 9.17) is 0 Å². The molecular formula is C18H31NO. The lowest BCUT2D eigenvalue weighted by Crippen LogP contribution is -2.46. The van der Waals surface area contributed by atoms with Crippen LogP contribution < -0.4 is 0 Å². The summed E-state index contributed by atoms with van der Waals surface area (Å²) in [4.78, 5) is 14.0. The summed E-state index contributed by atoms with van der Waals surface area (Å²) in [7, 11) is 0. The third-order valence-electron chi connectivity index (χ3n) is 5.62. The van der Waals surface area contributed by atoms with Crippen LogP contribution in [-0.4, -0.2) is 22.9 Å². The van der Waals surface area contributed by atoms with Gasteiger partial charge in [-0.25, -0.2) is 0 Å². The molecule has 0 spiro atoms. The van der Waals surface area contributed by atoms with Crippen molar-refractivity contribution in [1.29, 1.82) is 0 Å². The molecule has 1 amide bonds. The van der Waals surface area contributed by atoms with Gasteiger partial charge in [-0.1, -0.05) is 18.6 Å². The minimum Gasteiger partial charge on any atom is -0.338 e. The van der Waals surface area contributed by atoms with Crippen molar-refractivity contribution in [3.8, 4) is 0 Å². The van der Waals surface area contributed by atoms with Gasteiger partial charge in [-0.3, -0.25) is 4.79 Å². The van der Waals surface area contributed by atoms with E-state index in [2.05, 4.69) is 45.6 Å². The summed E-state index contributed by atoms with van der Waals surface area (Å²) in [5, 5.41) is 0. The fourth-order valence-electron chi connectivity index (χ4n) is 3.90. The summed E-state index contributed by atoms with van der Waals surface area (Å²) in [6.45, 7) is 13.8. The Labute approximate surface area is 124 Å². The number of carbonyl (C=O) groups excluding carboxylic acids is 1. The number of amides is 1. The molecule has 0 aromatic rings. The van der Waals surface area contributed by atoms with E-state index in [1.807, 2.05) is 0 Å². The van der Waals surface area contributed by atoms with Crippen LogP contribution in [0.3, 0.4) is 0 Å². The van der Waals surface area contributed by atoms with Gasteiger partial charge < -0.3 is 4.90 Å². The zero-order valence-electron chi connectivity index (χ0n) is 14.1. The second kappa shape index (κ2) is 5.20. The molecule has 114 valence electrons. The second-order valence-corrected chi connectivity index (χ2v) is 8.23. The highest BCUT2D eigenvalue weighted by Crippen LogP contribution is 2.61. The highest BCUT2D eigenvalue weighted by Gasteiger charge is 2.55. The first-order valence-corrected chi connectivity index (χ1v) is 8.08. The first-order valence-electron chi connectivity index (χ1n) is 8.08. The van der Waals surface area contributed by atoms with E-state index in [-0.39, 0.29) is 11.4 Å². The van der Waals surface area contributed by atoms with E-state index < -0.39 is 0 Å². The van der Waals surface area contributed by atoms with Gasteiger partial charge in [0, 0.05) is 19.0 Å². The van der Waals surface area contributed by atoms with Crippen LogP contribution in [0.2, 0.25) is 0 Å². The number of rotatable bonds is 3. The van der Waals surface area contributed by atoms with E-state index >= 15 is 0 Å². The molecule has 0 radical (unpaired) electrons. The SMILES string of the molecule is CC(=O)N(CC1CC1(C)C1CC=C(C)CC1)C(C)(C)C. The highest BCUT2D eigenvalue weighted by molar-refractivity contribution is 5.74. The molecule has 2 aliphatic rings. The quantitative estimate of drug-likeness (QED) is 0.700. The van der Waals surface area contributed by atoms with Crippen LogP contribution in [0.4, 0.5) is 0 Å². The molecular weight excluding hydrogens is 246 g/mol. The van der Waals surface area contributed by atoms with Crippen LogP contribution in [0, 0.1) is 17.3 Å². The number of carbonyl (C=O) groups is 1. The summed E-state index contributed by atoms with van der Waals surface area (Å²) in [5.41, 5.74) is 1.97. The fourth-order valence-corrected chi connectivity index (χ4v) is 3.90. The molecule has 1 fully saturated rings. The Morgan fingerprint density at radius 2 is 2.10 bits per heavy atom. The molecule has 0 aromatic carbocycles. The molecule has 3 atom stereocenters. The predicted octanol–water partition coefficient (Wildman–Crippen LogP) is 4.41. The van der Waals surface area contributed by atoms with Gasteiger partial charge >= 0.3 is 0 Å².